The molecular formula is C9H14N4O2. The number of nitrogens with zero attached hydrogens (tertiary/aromatic N) is 3. The summed E-state index contributed by atoms with van der Waals surface area (Å²) >= 11 is 0. The molecule has 0 spiro atoms. The molecule has 6 heteroatoms. The molecule has 2 heterocycles. The van der Waals surface area contributed by atoms with Crippen molar-refractivity contribution in [3.8, 4) is 0 Å². The van der Waals surface area contributed by atoms with Crippen LogP contribution in [0.15, 0.2) is 6.20 Å². The van der Waals surface area contributed by atoms with E-state index >= 15 is 0 Å². The lowest BCUT2D eigenvalue weighted by Gasteiger charge is -2.08. The lowest BCUT2D eigenvalue weighted by atomic mass is 10.2. The zero-order valence-electron chi connectivity index (χ0n) is 8.64. The number of aromatic nitrogens is 3. The first-order valence-corrected chi connectivity index (χ1v) is 5.01. The van der Waals surface area contributed by atoms with E-state index in [9.17, 15) is 4.79 Å². The lowest BCUT2D eigenvalue weighted by molar-refractivity contribution is 0.0594. The number of rotatable bonds is 3. The molecule has 82 valence electrons. The third kappa shape index (κ3) is 2.33. The maximum absolute atomic E-state index is 11.1. The van der Waals surface area contributed by atoms with Gasteiger partial charge in [-0.3, -0.25) is 4.68 Å². The normalized spacial score (nSPS) is 20.5. The molecule has 1 atom stereocenters. The van der Waals surface area contributed by atoms with Crippen LogP contribution in [0.1, 0.15) is 23.3 Å². The van der Waals surface area contributed by atoms with E-state index in [2.05, 4.69) is 20.4 Å². The first-order chi connectivity index (χ1) is 7.29. The Bertz CT molecular complexity index is 344. The van der Waals surface area contributed by atoms with E-state index in [1.165, 1.54) is 13.5 Å². The minimum absolute atomic E-state index is 0.260. The number of esters is 1. The first kappa shape index (κ1) is 10.1. The average molecular weight is 210 g/mol. The highest BCUT2D eigenvalue weighted by Crippen LogP contribution is 2.07. The second kappa shape index (κ2) is 4.39. The van der Waals surface area contributed by atoms with Crippen LogP contribution in [0.4, 0.5) is 0 Å². The van der Waals surface area contributed by atoms with Gasteiger partial charge in [-0.2, -0.15) is 0 Å². The summed E-state index contributed by atoms with van der Waals surface area (Å²) in [5, 5.41) is 11.0. The Morgan fingerprint density at radius 3 is 3.33 bits per heavy atom. The van der Waals surface area contributed by atoms with Gasteiger partial charge in [0.1, 0.15) is 0 Å². The van der Waals surface area contributed by atoms with E-state index in [-0.39, 0.29) is 5.69 Å². The molecule has 6 nitrogen and oxygen atoms in total. The summed E-state index contributed by atoms with van der Waals surface area (Å²) < 4.78 is 6.23. The number of nitrogens with one attached hydrogen (secondary N) is 1. The van der Waals surface area contributed by atoms with Gasteiger partial charge < -0.3 is 10.1 Å². The highest BCUT2D eigenvalue weighted by Gasteiger charge is 2.16. The second-order valence-corrected chi connectivity index (χ2v) is 3.61. The maximum atomic E-state index is 11.1. The van der Waals surface area contributed by atoms with Gasteiger partial charge in [0.15, 0.2) is 5.69 Å². The van der Waals surface area contributed by atoms with Gasteiger partial charge in [-0.15, -0.1) is 5.10 Å². The Morgan fingerprint density at radius 2 is 2.67 bits per heavy atom. The smallest absolute Gasteiger partial charge is 0.360 e. The van der Waals surface area contributed by atoms with Crippen molar-refractivity contribution in [1.82, 2.24) is 20.3 Å². The monoisotopic (exact) mass is 210 g/mol. The van der Waals surface area contributed by atoms with Crippen LogP contribution in [-0.4, -0.2) is 40.7 Å². The minimum Gasteiger partial charge on any atom is -0.464 e. The van der Waals surface area contributed by atoms with Crippen LogP contribution in [0.2, 0.25) is 0 Å². The van der Waals surface area contributed by atoms with Crippen LogP contribution in [0.3, 0.4) is 0 Å². The van der Waals surface area contributed by atoms with E-state index in [0.29, 0.717) is 6.04 Å². The highest BCUT2D eigenvalue weighted by atomic mass is 16.5. The van der Waals surface area contributed by atoms with Gasteiger partial charge in [0, 0.05) is 6.04 Å². The van der Waals surface area contributed by atoms with Crippen molar-refractivity contribution in [1.29, 1.82) is 0 Å². The Balaban J connectivity index is 1.97. The fourth-order valence-corrected chi connectivity index (χ4v) is 1.72. The fourth-order valence-electron chi connectivity index (χ4n) is 1.72. The van der Waals surface area contributed by atoms with Gasteiger partial charge in [0.25, 0.3) is 0 Å². The molecule has 0 unspecified atom stereocenters. The van der Waals surface area contributed by atoms with Crippen molar-refractivity contribution in [2.45, 2.75) is 25.4 Å². The lowest BCUT2D eigenvalue weighted by Crippen LogP contribution is -2.26. The number of methoxy groups -OCH3 is 1. The summed E-state index contributed by atoms with van der Waals surface area (Å²) in [7, 11) is 1.33. The fraction of sp³-hybridized carbons (Fsp3) is 0.667. The molecular weight excluding hydrogens is 196 g/mol. The zero-order valence-corrected chi connectivity index (χ0v) is 8.64. The van der Waals surface area contributed by atoms with Gasteiger partial charge in [0.05, 0.1) is 19.9 Å². The van der Waals surface area contributed by atoms with Gasteiger partial charge in [-0.1, -0.05) is 5.21 Å². The molecule has 1 saturated heterocycles. The Labute approximate surface area is 87.6 Å². The van der Waals surface area contributed by atoms with Crippen LogP contribution in [-0.2, 0) is 11.3 Å². The summed E-state index contributed by atoms with van der Waals surface area (Å²) in [5.74, 6) is -0.444. The molecule has 0 aromatic carbocycles. The SMILES string of the molecule is COC(=O)c1cn(C[C@H]2CCCN2)nn1. The van der Waals surface area contributed by atoms with E-state index in [4.69, 9.17) is 0 Å². The minimum atomic E-state index is -0.444. The van der Waals surface area contributed by atoms with Crippen LogP contribution in [0, 0.1) is 0 Å². The van der Waals surface area contributed by atoms with Gasteiger partial charge in [-0.25, -0.2) is 4.79 Å². The standard InChI is InChI=1S/C9H14N4O2/c1-15-9(14)8-6-13(12-11-8)5-7-3-2-4-10-7/h6-7,10H,2-5H2,1H3/t7-/m1/s1. The van der Waals surface area contributed by atoms with E-state index in [1.54, 1.807) is 10.9 Å². The maximum Gasteiger partial charge on any atom is 0.360 e. The molecule has 1 aliphatic heterocycles. The Hall–Kier alpha value is -1.43. The van der Waals surface area contributed by atoms with E-state index < -0.39 is 5.97 Å². The number of hydrogen-bond acceptors (Lipinski definition) is 5. The van der Waals surface area contributed by atoms with E-state index in [0.717, 1.165) is 19.5 Å². The van der Waals surface area contributed by atoms with Crippen molar-refractivity contribution in [3.05, 3.63) is 11.9 Å². The molecule has 1 N–H and O–H groups in total. The molecule has 15 heavy (non-hydrogen) atoms. The molecule has 1 aromatic rings. The summed E-state index contributed by atoms with van der Waals surface area (Å²) in [4.78, 5) is 11.1. The van der Waals surface area contributed by atoms with Crippen molar-refractivity contribution < 1.29 is 9.53 Å². The Morgan fingerprint density at radius 1 is 1.80 bits per heavy atom. The third-order valence-electron chi connectivity index (χ3n) is 2.50. The molecule has 2 rings (SSSR count). The molecule has 0 radical (unpaired) electrons. The second-order valence-electron chi connectivity index (χ2n) is 3.61. The first-order valence-electron chi connectivity index (χ1n) is 5.01. The largest absolute Gasteiger partial charge is 0.464 e. The summed E-state index contributed by atoms with van der Waals surface area (Å²) in [6.45, 7) is 1.81. The quantitative estimate of drug-likeness (QED) is 0.701. The molecule has 0 saturated carbocycles. The number of carbonyl (C=O) groups is 1. The topological polar surface area (TPSA) is 69.0 Å². The third-order valence-corrected chi connectivity index (χ3v) is 2.50. The zero-order chi connectivity index (χ0) is 10.7. The predicted octanol–water partition coefficient (Wildman–Crippen LogP) is -0.183. The Kier molecular flexibility index (Phi) is 2.96. The molecule has 1 aliphatic rings. The highest BCUT2D eigenvalue weighted by molar-refractivity contribution is 5.86. The van der Waals surface area contributed by atoms with Gasteiger partial charge >= 0.3 is 5.97 Å². The molecule has 1 fully saturated rings. The number of ether oxygens (including phenoxy) is 1. The van der Waals surface area contributed by atoms with Crippen molar-refractivity contribution in [2.75, 3.05) is 13.7 Å². The number of carbonyl (C=O) groups excluding carboxylic acids is 1. The number of hydrogen-bond donors (Lipinski definition) is 1. The predicted molar refractivity (Wildman–Crippen MR) is 52.4 cm³/mol. The molecule has 0 amide bonds. The van der Waals surface area contributed by atoms with Crippen molar-refractivity contribution in [2.24, 2.45) is 0 Å². The van der Waals surface area contributed by atoms with Gasteiger partial charge in [0.2, 0.25) is 0 Å². The summed E-state index contributed by atoms with van der Waals surface area (Å²) in [6, 6.07) is 0.442. The van der Waals surface area contributed by atoms with E-state index in [1.807, 2.05) is 0 Å². The van der Waals surface area contributed by atoms with Crippen molar-refractivity contribution >= 4 is 5.97 Å². The van der Waals surface area contributed by atoms with Crippen LogP contribution >= 0.6 is 0 Å². The molecule has 1 aromatic heterocycles. The van der Waals surface area contributed by atoms with Crippen molar-refractivity contribution in [3.63, 3.8) is 0 Å². The van der Waals surface area contributed by atoms with Gasteiger partial charge in [-0.05, 0) is 19.4 Å². The average Bonchev–Trinajstić information content (AvgIpc) is 2.88. The molecule has 0 aliphatic carbocycles. The summed E-state index contributed by atoms with van der Waals surface area (Å²) in [6.07, 6.45) is 3.96. The van der Waals surface area contributed by atoms with Crippen LogP contribution in [0.5, 0.6) is 0 Å². The van der Waals surface area contributed by atoms with Crippen LogP contribution in [0.25, 0.3) is 0 Å². The molecule has 0 bridgehead atoms. The van der Waals surface area contributed by atoms with Crippen LogP contribution < -0.4 is 5.32 Å². The summed E-state index contributed by atoms with van der Waals surface area (Å²) in [5.41, 5.74) is 0.260.